The first-order valence-corrected chi connectivity index (χ1v) is 10.3. The number of rotatable bonds is 6. The number of hydrogen-bond donors (Lipinski definition) is 1. The number of hydrogen-bond acceptors (Lipinski definition) is 6. The van der Waals surface area contributed by atoms with Gasteiger partial charge in [-0.05, 0) is 56.0 Å². The predicted octanol–water partition coefficient (Wildman–Crippen LogP) is 3.25. The van der Waals surface area contributed by atoms with Gasteiger partial charge in [0.05, 0.1) is 18.4 Å². The van der Waals surface area contributed by atoms with Crippen molar-refractivity contribution in [1.82, 2.24) is 9.78 Å². The van der Waals surface area contributed by atoms with Gasteiger partial charge in [0.25, 0.3) is 5.91 Å². The maximum Gasteiger partial charge on any atom is 0.359 e. The molecule has 0 saturated heterocycles. The zero-order valence-corrected chi connectivity index (χ0v) is 17.9. The molecule has 1 N–H and O–H groups in total. The van der Waals surface area contributed by atoms with Gasteiger partial charge in [-0.25, -0.2) is 14.3 Å². The number of ether oxygens (including phenoxy) is 2. The lowest BCUT2D eigenvalue weighted by atomic mass is 10.1. The van der Waals surface area contributed by atoms with E-state index in [1.165, 1.54) is 13.2 Å². The molecule has 1 aliphatic carbocycles. The summed E-state index contributed by atoms with van der Waals surface area (Å²) in [6.45, 7) is 1.33. The number of aryl methyl sites for hydroxylation is 1. The summed E-state index contributed by atoms with van der Waals surface area (Å²) in [4.78, 5) is 36.8. The molecule has 0 bridgehead atoms. The van der Waals surface area contributed by atoms with E-state index in [0.717, 1.165) is 41.8 Å². The first-order valence-electron chi connectivity index (χ1n) is 10.3. The Morgan fingerprint density at radius 1 is 1.06 bits per heavy atom. The van der Waals surface area contributed by atoms with E-state index < -0.39 is 24.5 Å². The highest BCUT2D eigenvalue weighted by Gasteiger charge is 2.28. The molecule has 0 unspecified atom stereocenters. The van der Waals surface area contributed by atoms with Crippen LogP contribution < -0.4 is 5.32 Å². The van der Waals surface area contributed by atoms with Crippen LogP contribution in [0, 0.1) is 6.92 Å². The summed E-state index contributed by atoms with van der Waals surface area (Å²) in [5.74, 6) is -1.65. The van der Waals surface area contributed by atoms with E-state index in [1.807, 2.05) is 30.3 Å². The second kappa shape index (κ2) is 9.05. The number of amides is 1. The van der Waals surface area contributed by atoms with Crippen LogP contribution in [0.15, 0.2) is 48.5 Å². The quantitative estimate of drug-likeness (QED) is 0.599. The molecule has 0 aliphatic heterocycles. The highest BCUT2D eigenvalue weighted by molar-refractivity contribution is 5.97. The number of fused-ring (bicyclic) bond motifs is 1. The van der Waals surface area contributed by atoms with Gasteiger partial charge in [-0.3, -0.25) is 4.79 Å². The average Bonchev–Trinajstić information content (AvgIpc) is 3.42. The highest BCUT2D eigenvalue weighted by atomic mass is 16.5. The summed E-state index contributed by atoms with van der Waals surface area (Å²) < 4.78 is 11.7. The van der Waals surface area contributed by atoms with Crippen LogP contribution in [0.4, 0.5) is 5.69 Å². The molecular weight excluding hydrogens is 410 g/mol. The Hall–Kier alpha value is -3.94. The van der Waals surface area contributed by atoms with Crippen molar-refractivity contribution < 1.29 is 23.9 Å². The Kier molecular flexibility index (Phi) is 6.02. The molecule has 0 atom stereocenters. The topological polar surface area (TPSA) is 99.5 Å². The molecule has 2 aromatic carbocycles. The van der Waals surface area contributed by atoms with Gasteiger partial charge in [-0.2, -0.15) is 5.10 Å². The Labute approximate surface area is 185 Å². The Balaban J connectivity index is 1.45. The summed E-state index contributed by atoms with van der Waals surface area (Å²) in [6, 6.07) is 14.4. The molecule has 1 amide bonds. The molecule has 1 heterocycles. The standard InChI is InChI=1S/C24H23N3O5/c1-15-11-12-16(23(29)31-2)13-19(15)25-21(28)14-32-24(30)22-18-9-6-10-20(18)27(26-22)17-7-4-3-5-8-17/h3-5,7-8,11-13H,6,9-10,14H2,1-2H3,(H,25,28). The number of methoxy groups -OCH3 is 1. The molecule has 1 aromatic heterocycles. The summed E-state index contributed by atoms with van der Waals surface area (Å²) in [5.41, 5.74) is 4.53. The number of para-hydroxylation sites is 1. The fourth-order valence-electron chi connectivity index (χ4n) is 3.77. The van der Waals surface area contributed by atoms with Gasteiger partial charge >= 0.3 is 11.9 Å². The summed E-state index contributed by atoms with van der Waals surface area (Å²) in [6.07, 6.45) is 2.52. The van der Waals surface area contributed by atoms with Gasteiger partial charge in [-0.1, -0.05) is 24.3 Å². The van der Waals surface area contributed by atoms with Gasteiger partial charge in [0.15, 0.2) is 12.3 Å². The van der Waals surface area contributed by atoms with E-state index in [0.29, 0.717) is 11.3 Å². The van der Waals surface area contributed by atoms with E-state index in [9.17, 15) is 14.4 Å². The smallest absolute Gasteiger partial charge is 0.359 e. The lowest BCUT2D eigenvalue weighted by Crippen LogP contribution is -2.22. The Morgan fingerprint density at radius 2 is 1.84 bits per heavy atom. The highest BCUT2D eigenvalue weighted by Crippen LogP contribution is 2.28. The van der Waals surface area contributed by atoms with Gasteiger partial charge < -0.3 is 14.8 Å². The molecule has 0 radical (unpaired) electrons. The van der Waals surface area contributed by atoms with Crippen LogP contribution in [0.1, 0.15) is 44.1 Å². The maximum absolute atomic E-state index is 12.7. The number of aromatic nitrogens is 2. The number of nitrogens with one attached hydrogen (secondary N) is 1. The molecule has 8 heteroatoms. The molecule has 1 aliphatic rings. The predicted molar refractivity (Wildman–Crippen MR) is 117 cm³/mol. The summed E-state index contributed by atoms with van der Waals surface area (Å²) in [7, 11) is 1.29. The lowest BCUT2D eigenvalue weighted by Gasteiger charge is -2.10. The van der Waals surface area contributed by atoms with Crippen molar-refractivity contribution in [3.8, 4) is 5.69 Å². The van der Waals surface area contributed by atoms with E-state index in [1.54, 1.807) is 23.7 Å². The van der Waals surface area contributed by atoms with Crippen molar-refractivity contribution >= 4 is 23.5 Å². The van der Waals surface area contributed by atoms with Gasteiger partial charge in [0.2, 0.25) is 0 Å². The SMILES string of the molecule is COC(=O)c1ccc(C)c(NC(=O)COC(=O)c2nn(-c3ccccc3)c3c2CCC3)c1. The zero-order valence-electron chi connectivity index (χ0n) is 17.9. The fraction of sp³-hybridized carbons (Fsp3) is 0.250. The van der Waals surface area contributed by atoms with Gasteiger partial charge in [0, 0.05) is 16.9 Å². The van der Waals surface area contributed by atoms with E-state index >= 15 is 0 Å². The minimum absolute atomic E-state index is 0.248. The second-order valence-electron chi connectivity index (χ2n) is 7.52. The van der Waals surface area contributed by atoms with Crippen molar-refractivity contribution in [3.05, 3.63) is 76.6 Å². The third kappa shape index (κ3) is 4.25. The number of carbonyl (C=O) groups is 3. The van der Waals surface area contributed by atoms with E-state index in [-0.39, 0.29) is 5.69 Å². The Morgan fingerprint density at radius 3 is 2.59 bits per heavy atom. The van der Waals surface area contributed by atoms with Crippen LogP contribution in [0.5, 0.6) is 0 Å². The average molecular weight is 433 g/mol. The van der Waals surface area contributed by atoms with Crippen LogP contribution in [0.3, 0.4) is 0 Å². The van der Waals surface area contributed by atoms with E-state index in [4.69, 9.17) is 9.47 Å². The molecular formula is C24H23N3O5. The minimum Gasteiger partial charge on any atom is -0.465 e. The number of esters is 2. The molecule has 4 rings (SSSR count). The monoisotopic (exact) mass is 433 g/mol. The zero-order chi connectivity index (χ0) is 22.7. The minimum atomic E-state index is -0.631. The number of nitrogens with zero attached hydrogens (tertiary/aromatic N) is 2. The number of benzene rings is 2. The van der Waals surface area contributed by atoms with Crippen LogP contribution >= 0.6 is 0 Å². The van der Waals surface area contributed by atoms with Crippen molar-refractivity contribution in [3.63, 3.8) is 0 Å². The normalized spacial score (nSPS) is 12.2. The fourth-order valence-corrected chi connectivity index (χ4v) is 3.77. The van der Waals surface area contributed by atoms with Crippen molar-refractivity contribution in [2.75, 3.05) is 19.0 Å². The summed E-state index contributed by atoms with van der Waals surface area (Å²) >= 11 is 0. The molecule has 0 spiro atoms. The Bertz CT molecular complexity index is 1180. The van der Waals surface area contributed by atoms with Crippen LogP contribution in [0.2, 0.25) is 0 Å². The first-order chi connectivity index (χ1) is 15.5. The van der Waals surface area contributed by atoms with Crippen LogP contribution in [0.25, 0.3) is 5.69 Å². The lowest BCUT2D eigenvalue weighted by molar-refractivity contribution is -0.119. The summed E-state index contributed by atoms with van der Waals surface area (Å²) in [5, 5.41) is 7.15. The molecule has 0 fully saturated rings. The molecule has 8 nitrogen and oxygen atoms in total. The van der Waals surface area contributed by atoms with Crippen molar-refractivity contribution in [1.29, 1.82) is 0 Å². The van der Waals surface area contributed by atoms with Crippen LogP contribution in [-0.4, -0.2) is 41.3 Å². The van der Waals surface area contributed by atoms with Gasteiger partial charge in [-0.15, -0.1) is 0 Å². The first kappa shape index (κ1) is 21.3. The number of anilines is 1. The molecule has 164 valence electrons. The largest absolute Gasteiger partial charge is 0.465 e. The third-order valence-electron chi connectivity index (χ3n) is 5.39. The second-order valence-corrected chi connectivity index (χ2v) is 7.52. The molecule has 3 aromatic rings. The van der Waals surface area contributed by atoms with Crippen molar-refractivity contribution in [2.24, 2.45) is 0 Å². The van der Waals surface area contributed by atoms with Gasteiger partial charge in [0.1, 0.15) is 0 Å². The molecule has 0 saturated carbocycles. The van der Waals surface area contributed by atoms with E-state index in [2.05, 4.69) is 10.4 Å². The maximum atomic E-state index is 12.7. The van der Waals surface area contributed by atoms with Crippen LogP contribution in [-0.2, 0) is 27.1 Å². The van der Waals surface area contributed by atoms with Crippen molar-refractivity contribution in [2.45, 2.75) is 26.2 Å². The third-order valence-corrected chi connectivity index (χ3v) is 5.39. The molecule has 32 heavy (non-hydrogen) atoms. The number of carbonyl (C=O) groups excluding carboxylic acids is 3.